The van der Waals surface area contributed by atoms with E-state index >= 15 is 0 Å². The summed E-state index contributed by atoms with van der Waals surface area (Å²) in [7, 11) is 0. The van der Waals surface area contributed by atoms with Gasteiger partial charge in [0.25, 0.3) is 11.8 Å². The van der Waals surface area contributed by atoms with Crippen LogP contribution in [0.4, 0.5) is 5.69 Å². The van der Waals surface area contributed by atoms with E-state index in [0.29, 0.717) is 28.0 Å². The van der Waals surface area contributed by atoms with E-state index in [1.165, 1.54) is 0 Å². The summed E-state index contributed by atoms with van der Waals surface area (Å²) in [5, 5.41) is 4.13. The van der Waals surface area contributed by atoms with Gasteiger partial charge < -0.3 is 15.7 Å². The van der Waals surface area contributed by atoms with E-state index in [-0.39, 0.29) is 0 Å². The Labute approximate surface area is 147 Å². The van der Waals surface area contributed by atoms with Crippen LogP contribution in [0.25, 0.3) is 33.0 Å². The van der Waals surface area contributed by atoms with Gasteiger partial charge in [-0.25, -0.2) is 0 Å². The lowest BCUT2D eigenvalue weighted by Gasteiger charge is -2.03. The highest BCUT2D eigenvalue weighted by Crippen LogP contribution is 2.38. The number of para-hydroxylation sites is 2. The van der Waals surface area contributed by atoms with Crippen LogP contribution in [0.2, 0.25) is 0 Å². The minimum absolute atomic E-state index is 0.358. The van der Waals surface area contributed by atoms with Gasteiger partial charge in [-0.2, -0.15) is 0 Å². The average molecular weight is 342 g/mol. The number of benzene rings is 2. The number of hydrogen-bond donors (Lipinski definition) is 4. The molecule has 1 aliphatic rings. The largest absolute Gasteiger partial charge is 0.397 e. The van der Waals surface area contributed by atoms with Crippen molar-refractivity contribution in [1.29, 1.82) is 0 Å². The zero-order chi connectivity index (χ0) is 17.8. The van der Waals surface area contributed by atoms with Crippen molar-refractivity contribution in [1.82, 2.24) is 15.3 Å². The zero-order valence-electron chi connectivity index (χ0n) is 13.6. The second-order valence-electron chi connectivity index (χ2n) is 6.25. The Morgan fingerprint density at radius 1 is 0.731 bits per heavy atom. The molecule has 26 heavy (non-hydrogen) atoms. The van der Waals surface area contributed by atoms with Crippen molar-refractivity contribution in [2.24, 2.45) is 0 Å². The highest BCUT2D eigenvalue weighted by molar-refractivity contribution is 6.50. The molecule has 0 spiro atoms. The van der Waals surface area contributed by atoms with Crippen molar-refractivity contribution in [2.75, 3.05) is 5.73 Å². The van der Waals surface area contributed by atoms with Gasteiger partial charge in [0.1, 0.15) is 0 Å². The first-order chi connectivity index (χ1) is 12.6. The summed E-state index contributed by atoms with van der Waals surface area (Å²) >= 11 is 0. The van der Waals surface area contributed by atoms with Gasteiger partial charge in [-0.05, 0) is 12.1 Å². The van der Waals surface area contributed by atoms with Gasteiger partial charge in [-0.3, -0.25) is 14.9 Å². The van der Waals surface area contributed by atoms with Crippen LogP contribution in [0, 0.1) is 0 Å². The molecule has 2 aromatic carbocycles. The van der Waals surface area contributed by atoms with Gasteiger partial charge in [0.2, 0.25) is 0 Å². The highest BCUT2D eigenvalue weighted by Gasteiger charge is 2.34. The normalized spacial score (nSPS) is 14.6. The van der Waals surface area contributed by atoms with Crippen molar-refractivity contribution in [3.63, 3.8) is 0 Å². The van der Waals surface area contributed by atoms with Crippen LogP contribution in [0.1, 0.15) is 11.1 Å². The minimum Gasteiger partial charge on any atom is -0.397 e. The lowest BCUT2D eigenvalue weighted by atomic mass is 9.95. The standard InChI is InChI=1S/C20H14N4O2/c21-14-6-3-5-11-13(9-23-18(11)14)17-16(19(25)24-20(17)26)12-8-22-15-7-2-1-4-10(12)15/h1-9,22-23H,21H2,(H,24,25,26). The Bertz CT molecular complexity index is 1260. The van der Waals surface area contributed by atoms with Gasteiger partial charge in [-0.15, -0.1) is 0 Å². The Morgan fingerprint density at radius 2 is 1.38 bits per heavy atom. The molecule has 0 bridgehead atoms. The van der Waals surface area contributed by atoms with Crippen LogP contribution in [0.15, 0.2) is 54.9 Å². The van der Waals surface area contributed by atoms with Gasteiger partial charge in [0.05, 0.1) is 22.4 Å². The first kappa shape index (κ1) is 14.5. The quantitative estimate of drug-likeness (QED) is 0.333. The maximum Gasteiger partial charge on any atom is 0.259 e. The summed E-state index contributed by atoms with van der Waals surface area (Å²) in [5.41, 5.74) is 10.4. The number of hydrogen-bond acceptors (Lipinski definition) is 3. The number of aromatic nitrogens is 2. The average Bonchev–Trinajstić information content (AvgIpc) is 3.30. The predicted molar refractivity (Wildman–Crippen MR) is 101 cm³/mol. The Balaban J connectivity index is 1.85. The summed E-state index contributed by atoms with van der Waals surface area (Å²) in [6.45, 7) is 0. The molecule has 2 aromatic heterocycles. The first-order valence-electron chi connectivity index (χ1n) is 8.17. The third-order valence-electron chi connectivity index (χ3n) is 4.81. The van der Waals surface area contributed by atoms with E-state index in [0.717, 1.165) is 21.8 Å². The molecule has 0 fully saturated rings. The van der Waals surface area contributed by atoms with Gasteiger partial charge in [0.15, 0.2) is 0 Å². The number of nitrogens with one attached hydrogen (secondary N) is 3. The number of rotatable bonds is 2. The van der Waals surface area contributed by atoms with Crippen molar-refractivity contribution in [2.45, 2.75) is 0 Å². The minimum atomic E-state index is -0.404. The number of carbonyl (C=O) groups is 2. The van der Waals surface area contributed by atoms with Crippen molar-refractivity contribution >= 4 is 50.5 Å². The van der Waals surface area contributed by atoms with E-state index in [2.05, 4.69) is 15.3 Å². The molecule has 0 radical (unpaired) electrons. The molecule has 0 saturated carbocycles. The molecule has 0 atom stereocenters. The summed E-state index contributed by atoms with van der Waals surface area (Å²) in [6.07, 6.45) is 3.49. The number of fused-ring (bicyclic) bond motifs is 2. The van der Waals surface area contributed by atoms with E-state index in [9.17, 15) is 9.59 Å². The topological polar surface area (TPSA) is 104 Å². The molecule has 6 nitrogen and oxygen atoms in total. The molecule has 0 unspecified atom stereocenters. The van der Waals surface area contributed by atoms with E-state index in [1.807, 2.05) is 36.4 Å². The Hall–Kier alpha value is -3.80. The molecule has 6 heteroatoms. The van der Waals surface area contributed by atoms with Gasteiger partial charge in [0, 0.05) is 39.8 Å². The van der Waals surface area contributed by atoms with E-state index in [1.54, 1.807) is 18.5 Å². The van der Waals surface area contributed by atoms with Crippen LogP contribution < -0.4 is 11.1 Å². The second-order valence-corrected chi connectivity index (χ2v) is 6.25. The third-order valence-corrected chi connectivity index (χ3v) is 4.81. The molecular weight excluding hydrogens is 328 g/mol. The van der Waals surface area contributed by atoms with Crippen molar-refractivity contribution in [3.05, 3.63) is 66.0 Å². The lowest BCUT2D eigenvalue weighted by molar-refractivity contribution is -0.122. The first-order valence-corrected chi connectivity index (χ1v) is 8.17. The van der Waals surface area contributed by atoms with Crippen LogP contribution in [0.3, 0.4) is 0 Å². The van der Waals surface area contributed by atoms with Gasteiger partial charge >= 0.3 is 0 Å². The third kappa shape index (κ3) is 1.86. The number of H-pyrrole nitrogens is 2. The molecule has 1 aliphatic heterocycles. The Morgan fingerprint density at radius 3 is 2.19 bits per heavy atom. The number of amides is 2. The number of nitrogen functional groups attached to an aromatic ring is 1. The molecule has 2 amide bonds. The molecule has 5 rings (SSSR count). The summed E-state index contributed by atoms with van der Waals surface area (Å²) < 4.78 is 0. The summed E-state index contributed by atoms with van der Waals surface area (Å²) in [6, 6.07) is 13.2. The van der Waals surface area contributed by atoms with Crippen molar-refractivity contribution in [3.8, 4) is 0 Å². The number of nitrogens with two attached hydrogens (primary N) is 1. The van der Waals surface area contributed by atoms with E-state index < -0.39 is 11.8 Å². The second kappa shape index (κ2) is 5.10. The molecule has 3 heterocycles. The Kier molecular flexibility index (Phi) is 2.85. The lowest BCUT2D eigenvalue weighted by Crippen LogP contribution is -2.22. The fourth-order valence-electron chi connectivity index (χ4n) is 3.63. The monoisotopic (exact) mass is 342 g/mol. The zero-order valence-corrected chi connectivity index (χ0v) is 13.6. The van der Waals surface area contributed by atoms with Crippen molar-refractivity contribution < 1.29 is 9.59 Å². The fourth-order valence-corrected chi connectivity index (χ4v) is 3.63. The highest BCUT2D eigenvalue weighted by atomic mass is 16.2. The number of imide groups is 1. The van der Waals surface area contributed by atoms with Gasteiger partial charge in [-0.1, -0.05) is 30.3 Å². The molecule has 126 valence electrons. The number of anilines is 1. The maximum atomic E-state index is 12.6. The number of aromatic amines is 2. The van der Waals surface area contributed by atoms with Crippen LogP contribution in [0.5, 0.6) is 0 Å². The summed E-state index contributed by atoms with van der Waals surface area (Å²) in [4.78, 5) is 31.5. The smallest absolute Gasteiger partial charge is 0.259 e. The van der Waals surface area contributed by atoms with Crippen LogP contribution in [-0.4, -0.2) is 21.8 Å². The summed E-state index contributed by atoms with van der Waals surface area (Å²) in [5.74, 6) is -0.799. The van der Waals surface area contributed by atoms with E-state index in [4.69, 9.17) is 5.73 Å². The molecule has 0 saturated heterocycles. The molecule has 5 N–H and O–H groups in total. The maximum absolute atomic E-state index is 12.6. The molecule has 0 aliphatic carbocycles. The van der Waals surface area contributed by atoms with Crippen LogP contribution >= 0.6 is 0 Å². The fraction of sp³-hybridized carbons (Fsp3) is 0. The van der Waals surface area contributed by atoms with Crippen LogP contribution in [-0.2, 0) is 9.59 Å². The number of carbonyl (C=O) groups excluding carboxylic acids is 2. The molecule has 4 aromatic rings. The predicted octanol–water partition coefficient (Wildman–Crippen LogP) is 2.80. The molecular formula is C20H14N4O2. The SMILES string of the molecule is Nc1cccc2c(C3=C(c4c[nH]c5ccccc45)C(=O)NC3=O)c[nH]c12.